The summed E-state index contributed by atoms with van der Waals surface area (Å²) in [5.41, 5.74) is 3.52. The molecule has 1 aliphatic rings. The highest BCUT2D eigenvalue weighted by Gasteiger charge is 2.61. The lowest BCUT2D eigenvalue weighted by atomic mass is 10.1. The Balaban J connectivity index is 1.52. The first-order valence-electron chi connectivity index (χ1n) is 8.13. The first-order chi connectivity index (χ1) is 12.5. The first-order valence-corrected chi connectivity index (χ1v) is 8.13. The average molecular weight is 353 g/mol. The monoisotopic (exact) mass is 353 g/mol. The highest BCUT2D eigenvalue weighted by atomic mass is 19.3. The second kappa shape index (κ2) is 5.10. The van der Waals surface area contributed by atoms with Crippen molar-refractivity contribution < 1.29 is 13.6 Å². The van der Waals surface area contributed by atoms with Gasteiger partial charge in [0.25, 0.3) is 5.92 Å². The summed E-state index contributed by atoms with van der Waals surface area (Å²) >= 11 is 0. The molecule has 8 heteroatoms. The summed E-state index contributed by atoms with van der Waals surface area (Å²) in [7, 11) is 0. The van der Waals surface area contributed by atoms with Crippen LogP contribution in [0.3, 0.4) is 0 Å². The lowest BCUT2D eigenvalue weighted by Crippen LogP contribution is -2.17. The SMILES string of the molecule is O=C(Nc1ccc2[nH]nc(-c3nc4ccccc4[nH]3)c2c1)C1CC1(F)F. The summed E-state index contributed by atoms with van der Waals surface area (Å²) in [6.45, 7) is 0. The molecular formula is C18H13F2N5O. The van der Waals surface area contributed by atoms with Crippen LogP contribution in [0.5, 0.6) is 0 Å². The number of fused-ring (bicyclic) bond motifs is 2. The summed E-state index contributed by atoms with van der Waals surface area (Å²) in [4.78, 5) is 19.6. The van der Waals surface area contributed by atoms with E-state index in [-0.39, 0.29) is 0 Å². The number of hydrogen-bond acceptors (Lipinski definition) is 3. The Hall–Kier alpha value is -3.29. The van der Waals surface area contributed by atoms with E-state index in [4.69, 9.17) is 0 Å². The smallest absolute Gasteiger partial charge is 0.260 e. The topological polar surface area (TPSA) is 86.5 Å². The molecule has 0 bridgehead atoms. The molecule has 6 nitrogen and oxygen atoms in total. The fourth-order valence-corrected chi connectivity index (χ4v) is 3.06. The fraction of sp³-hybridized carbons (Fsp3) is 0.167. The largest absolute Gasteiger partial charge is 0.337 e. The zero-order valence-corrected chi connectivity index (χ0v) is 13.4. The summed E-state index contributed by atoms with van der Waals surface area (Å²) in [5, 5.41) is 10.5. The van der Waals surface area contributed by atoms with E-state index in [0.717, 1.165) is 21.9 Å². The molecule has 1 saturated carbocycles. The summed E-state index contributed by atoms with van der Waals surface area (Å²) in [6, 6.07) is 12.7. The third-order valence-corrected chi connectivity index (χ3v) is 4.59. The molecule has 1 aliphatic carbocycles. The van der Waals surface area contributed by atoms with Crippen molar-refractivity contribution in [1.29, 1.82) is 0 Å². The number of imidazole rings is 1. The van der Waals surface area contributed by atoms with Gasteiger partial charge in [-0.05, 0) is 30.3 Å². The quantitative estimate of drug-likeness (QED) is 0.525. The number of H-pyrrole nitrogens is 2. The lowest BCUT2D eigenvalue weighted by Gasteiger charge is -2.05. The molecule has 0 spiro atoms. The number of carbonyl (C=O) groups excluding carboxylic acids is 1. The molecule has 0 aliphatic heterocycles. The molecule has 2 heterocycles. The van der Waals surface area contributed by atoms with Crippen molar-refractivity contribution in [2.24, 2.45) is 5.92 Å². The van der Waals surface area contributed by atoms with Gasteiger partial charge in [0.2, 0.25) is 5.91 Å². The number of halogens is 2. The van der Waals surface area contributed by atoms with Gasteiger partial charge in [-0.2, -0.15) is 5.10 Å². The van der Waals surface area contributed by atoms with E-state index < -0.39 is 24.2 Å². The van der Waals surface area contributed by atoms with Crippen molar-refractivity contribution in [3.8, 4) is 11.5 Å². The number of rotatable bonds is 3. The fourth-order valence-electron chi connectivity index (χ4n) is 3.06. The Morgan fingerprint density at radius 1 is 1.19 bits per heavy atom. The Morgan fingerprint density at radius 3 is 2.77 bits per heavy atom. The molecule has 1 fully saturated rings. The van der Waals surface area contributed by atoms with Crippen molar-refractivity contribution in [2.45, 2.75) is 12.3 Å². The molecule has 4 aromatic rings. The van der Waals surface area contributed by atoms with Gasteiger partial charge in [0.05, 0.1) is 16.6 Å². The van der Waals surface area contributed by atoms with Crippen LogP contribution in [0.25, 0.3) is 33.5 Å². The predicted octanol–water partition coefficient (Wildman–Crippen LogP) is 3.70. The van der Waals surface area contributed by atoms with Gasteiger partial charge in [-0.1, -0.05) is 12.1 Å². The van der Waals surface area contributed by atoms with Crippen LogP contribution in [0, 0.1) is 5.92 Å². The second-order valence-electron chi connectivity index (χ2n) is 6.44. The van der Waals surface area contributed by atoms with Gasteiger partial charge >= 0.3 is 0 Å². The molecule has 2 aromatic carbocycles. The Morgan fingerprint density at radius 2 is 2.00 bits per heavy atom. The molecule has 0 radical (unpaired) electrons. The zero-order chi connectivity index (χ0) is 17.9. The maximum atomic E-state index is 13.1. The van der Waals surface area contributed by atoms with Gasteiger partial charge in [0.1, 0.15) is 11.6 Å². The van der Waals surface area contributed by atoms with Crippen LogP contribution < -0.4 is 5.32 Å². The van der Waals surface area contributed by atoms with E-state index in [2.05, 4.69) is 25.5 Å². The van der Waals surface area contributed by atoms with Crippen LogP contribution in [0.2, 0.25) is 0 Å². The van der Waals surface area contributed by atoms with Crippen molar-refractivity contribution >= 4 is 33.5 Å². The van der Waals surface area contributed by atoms with Crippen LogP contribution in [-0.2, 0) is 4.79 Å². The third kappa shape index (κ3) is 2.33. The molecular weight excluding hydrogens is 340 g/mol. The molecule has 1 amide bonds. The van der Waals surface area contributed by atoms with Crippen molar-refractivity contribution in [1.82, 2.24) is 20.2 Å². The molecule has 130 valence electrons. The van der Waals surface area contributed by atoms with Crippen LogP contribution in [-0.4, -0.2) is 32.0 Å². The molecule has 3 N–H and O–H groups in total. The number of hydrogen-bond donors (Lipinski definition) is 3. The molecule has 2 aromatic heterocycles. The molecule has 26 heavy (non-hydrogen) atoms. The van der Waals surface area contributed by atoms with Gasteiger partial charge in [0, 0.05) is 17.5 Å². The maximum absolute atomic E-state index is 13.1. The normalized spacial score (nSPS) is 18.3. The lowest BCUT2D eigenvalue weighted by molar-refractivity contribution is -0.119. The zero-order valence-electron chi connectivity index (χ0n) is 13.4. The van der Waals surface area contributed by atoms with Gasteiger partial charge in [-0.3, -0.25) is 9.89 Å². The van der Waals surface area contributed by atoms with Crippen LogP contribution in [0.15, 0.2) is 42.5 Å². The standard InChI is InChI=1S/C18H13F2N5O/c19-18(20)8-11(18)17(26)21-9-5-6-12-10(7-9)15(25-24-12)16-22-13-3-1-2-4-14(13)23-16/h1-7,11H,8H2,(H,21,26)(H,22,23)(H,24,25). The number of anilines is 1. The number of nitrogens with one attached hydrogen (secondary N) is 3. The van der Waals surface area contributed by atoms with E-state index >= 15 is 0 Å². The molecule has 1 atom stereocenters. The molecule has 5 rings (SSSR count). The van der Waals surface area contributed by atoms with Crippen molar-refractivity contribution in [2.75, 3.05) is 5.32 Å². The van der Waals surface area contributed by atoms with Gasteiger partial charge in [0.15, 0.2) is 5.82 Å². The molecule has 1 unspecified atom stereocenters. The molecule has 0 saturated heterocycles. The highest BCUT2D eigenvalue weighted by Crippen LogP contribution is 2.49. The summed E-state index contributed by atoms with van der Waals surface area (Å²) in [5.74, 6) is -4.20. The number of para-hydroxylation sites is 2. The first kappa shape index (κ1) is 15.0. The Labute approximate surface area is 145 Å². The Kier molecular flexibility index (Phi) is 2.95. The van der Waals surface area contributed by atoms with Crippen LogP contribution >= 0.6 is 0 Å². The average Bonchev–Trinajstić information content (AvgIpc) is 2.99. The van der Waals surface area contributed by atoms with Crippen LogP contribution in [0.1, 0.15) is 6.42 Å². The number of benzene rings is 2. The predicted molar refractivity (Wildman–Crippen MR) is 92.9 cm³/mol. The highest BCUT2D eigenvalue weighted by molar-refractivity contribution is 6.00. The number of aromatic amines is 2. The summed E-state index contributed by atoms with van der Waals surface area (Å²) < 4.78 is 26.1. The number of amides is 1. The maximum Gasteiger partial charge on any atom is 0.260 e. The number of aromatic nitrogens is 4. The van der Waals surface area contributed by atoms with E-state index in [0.29, 0.717) is 17.2 Å². The van der Waals surface area contributed by atoms with E-state index in [9.17, 15) is 13.6 Å². The van der Waals surface area contributed by atoms with Crippen LogP contribution in [0.4, 0.5) is 14.5 Å². The van der Waals surface area contributed by atoms with Gasteiger partial charge in [-0.25, -0.2) is 13.8 Å². The number of nitrogens with zero attached hydrogens (tertiary/aromatic N) is 2. The minimum atomic E-state index is -2.89. The van der Waals surface area contributed by atoms with Gasteiger partial charge < -0.3 is 10.3 Å². The van der Waals surface area contributed by atoms with Gasteiger partial charge in [-0.15, -0.1) is 0 Å². The van der Waals surface area contributed by atoms with E-state index in [1.54, 1.807) is 18.2 Å². The van der Waals surface area contributed by atoms with Crippen molar-refractivity contribution in [3.63, 3.8) is 0 Å². The summed E-state index contributed by atoms with van der Waals surface area (Å²) in [6.07, 6.45) is -0.392. The van der Waals surface area contributed by atoms with Crippen molar-refractivity contribution in [3.05, 3.63) is 42.5 Å². The minimum Gasteiger partial charge on any atom is -0.337 e. The number of alkyl halides is 2. The second-order valence-corrected chi connectivity index (χ2v) is 6.44. The Bertz CT molecular complexity index is 1130. The third-order valence-electron chi connectivity index (χ3n) is 4.59. The van der Waals surface area contributed by atoms with E-state index in [1.807, 2.05) is 24.3 Å². The van der Waals surface area contributed by atoms with E-state index in [1.165, 1.54) is 0 Å². The minimum absolute atomic E-state index is 0.392. The number of carbonyl (C=O) groups is 1.